The Morgan fingerprint density at radius 1 is 1.27 bits per heavy atom. The van der Waals surface area contributed by atoms with Crippen molar-refractivity contribution in [1.29, 1.82) is 0 Å². The number of carbonyl (C=O) groups is 1. The Labute approximate surface area is 132 Å². The second kappa shape index (κ2) is 7.11. The number of nitrogens with zero attached hydrogens (tertiary/aromatic N) is 2. The molecule has 2 aliphatic heterocycles. The van der Waals surface area contributed by atoms with Gasteiger partial charge in [-0.1, -0.05) is 37.3 Å². The maximum atomic E-state index is 12.4. The number of hydrogen-bond acceptors (Lipinski definition) is 3. The first-order chi connectivity index (χ1) is 10.8. The van der Waals surface area contributed by atoms with E-state index < -0.39 is 0 Å². The van der Waals surface area contributed by atoms with Gasteiger partial charge in [0.1, 0.15) is 0 Å². The molecule has 1 aromatic carbocycles. The van der Waals surface area contributed by atoms with Gasteiger partial charge < -0.3 is 15.0 Å². The summed E-state index contributed by atoms with van der Waals surface area (Å²) >= 11 is 0. The Kier molecular flexibility index (Phi) is 4.95. The van der Waals surface area contributed by atoms with Crippen LogP contribution in [0, 0.1) is 5.92 Å². The molecule has 0 radical (unpaired) electrons. The molecular weight excluding hydrogens is 278 g/mol. The molecule has 2 aliphatic rings. The van der Waals surface area contributed by atoms with Gasteiger partial charge in [-0.05, 0) is 11.5 Å². The average Bonchev–Trinajstić information content (AvgIpc) is 2.54. The zero-order valence-corrected chi connectivity index (χ0v) is 13.2. The van der Waals surface area contributed by atoms with Crippen molar-refractivity contribution in [1.82, 2.24) is 15.1 Å². The number of urea groups is 1. The van der Waals surface area contributed by atoms with Crippen LogP contribution < -0.4 is 5.32 Å². The predicted molar refractivity (Wildman–Crippen MR) is 85.7 cm³/mol. The molecular formula is C17H25N3O2. The normalized spacial score (nSPS) is 25.6. The fraction of sp³-hybridized carbons (Fsp3) is 0.588. The van der Waals surface area contributed by atoms with Crippen molar-refractivity contribution in [2.45, 2.75) is 13.0 Å². The van der Waals surface area contributed by atoms with Crippen LogP contribution in [0.1, 0.15) is 18.5 Å². The fourth-order valence-electron chi connectivity index (χ4n) is 3.31. The van der Waals surface area contributed by atoms with E-state index >= 15 is 0 Å². The molecule has 120 valence electrons. The lowest BCUT2D eigenvalue weighted by atomic mass is 9.85. The highest BCUT2D eigenvalue weighted by molar-refractivity contribution is 5.75. The lowest BCUT2D eigenvalue weighted by molar-refractivity contribution is 0.0369. The van der Waals surface area contributed by atoms with E-state index in [0.29, 0.717) is 12.5 Å². The lowest BCUT2D eigenvalue weighted by Gasteiger charge is -2.46. The summed E-state index contributed by atoms with van der Waals surface area (Å²) < 4.78 is 5.33. The summed E-state index contributed by atoms with van der Waals surface area (Å²) in [7, 11) is 0. The molecule has 0 spiro atoms. The number of hydrogen-bond donors (Lipinski definition) is 1. The van der Waals surface area contributed by atoms with E-state index in [1.807, 2.05) is 23.1 Å². The molecule has 1 aromatic rings. The number of likely N-dealkylation sites (tertiary alicyclic amines) is 1. The highest BCUT2D eigenvalue weighted by Crippen LogP contribution is 2.38. The Hall–Kier alpha value is -1.59. The second-order valence-corrected chi connectivity index (χ2v) is 6.17. The molecule has 2 fully saturated rings. The van der Waals surface area contributed by atoms with Crippen LogP contribution in [0.2, 0.25) is 0 Å². The zero-order valence-electron chi connectivity index (χ0n) is 13.2. The van der Waals surface area contributed by atoms with Crippen molar-refractivity contribution in [3.05, 3.63) is 35.9 Å². The first kappa shape index (κ1) is 15.3. The van der Waals surface area contributed by atoms with Gasteiger partial charge in [-0.15, -0.1) is 0 Å². The molecule has 3 rings (SSSR count). The molecule has 5 nitrogen and oxygen atoms in total. The van der Waals surface area contributed by atoms with Crippen molar-refractivity contribution in [2.24, 2.45) is 5.92 Å². The molecule has 5 heteroatoms. The Bertz CT molecular complexity index is 488. The minimum absolute atomic E-state index is 0.0558. The van der Waals surface area contributed by atoms with Gasteiger partial charge in [-0.2, -0.15) is 0 Å². The molecule has 0 saturated carbocycles. The first-order valence-electron chi connectivity index (χ1n) is 8.15. The van der Waals surface area contributed by atoms with Gasteiger partial charge in [0, 0.05) is 32.7 Å². The fourth-order valence-corrected chi connectivity index (χ4v) is 3.31. The SMILES string of the molecule is C[C@H]1CN(C(=O)NCCN2CCOCC2)[C@@H]1c1ccccc1. The number of ether oxygens (including phenoxy) is 1. The van der Waals surface area contributed by atoms with Crippen LogP contribution in [-0.4, -0.2) is 61.8 Å². The van der Waals surface area contributed by atoms with E-state index in [-0.39, 0.29) is 12.1 Å². The molecule has 2 saturated heterocycles. The Morgan fingerprint density at radius 2 is 2.00 bits per heavy atom. The van der Waals surface area contributed by atoms with Gasteiger partial charge >= 0.3 is 6.03 Å². The van der Waals surface area contributed by atoms with E-state index in [1.54, 1.807) is 0 Å². The summed E-state index contributed by atoms with van der Waals surface area (Å²) in [6.07, 6.45) is 0. The van der Waals surface area contributed by atoms with Crippen LogP contribution in [0.5, 0.6) is 0 Å². The summed E-state index contributed by atoms with van der Waals surface area (Å²) in [6, 6.07) is 10.6. The minimum atomic E-state index is 0.0558. The van der Waals surface area contributed by atoms with E-state index in [0.717, 1.165) is 39.4 Å². The van der Waals surface area contributed by atoms with E-state index in [1.165, 1.54) is 5.56 Å². The number of carbonyl (C=O) groups excluding carboxylic acids is 1. The van der Waals surface area contributed by atoms with E-state index in [2.05, 4.69) is 29.3 Å². The average molecular weight is 303 g/mol. The summed E-state index contributed by atoms with van der Waals surface area (Å²) in [5.41, 5.74) is 1.23. The highest BCUT2D eigenvalue weighted by atomic mass is 16.5. The van der Waals surface area contributed by atoms with E-state index in [4.69, 9.17) is 4.74 Å². The van der Waals surface area contributed by atoms with Crippen LogP contribution in [0.3, 0.4) is 0 Å². The predicted octanol–water partition coefficient (Wildman–Crippen LogP) is 1.72. The summed E-state index contributed by atoms with van der Waals surface area (Å²) in [5, 5.41) is 3.06. The summed E-state index contributed by atoms with van der Waals surface area (Å²) in [5.74, 6) is 0.521. The molecule has 2 heterocycles. The molecule has 0 unspecified atom stereocenters. The van der Waals surface area contributed by atoms with Crippen LogP contribution in [0.4, 0.5) is 4.79 Å². The van der Waals surface area contributed by atoms with Crippen LogP contribution >= 0.6 is 0 Å². The molecule has 22 heavy (non-hydrogen) atoms. The molecule has 0 bridgehead atoms. The minimum Gasteiger partial charge on any atom is -0.379 e. The van der Waals surface area contributed by atoms with Gasteiger partial charge in [0.15, 0.2) is 0 Å². The number of morpholine rings is 1. The van der Waals surface area contributed by atoms with Gasteiger partial charge in [-0.3, -0.25) is 4.90 Å². The molecule has 2 atom stereocenters. The largest absolute Gasteiger partial charge is 0.379 e. The Balaban J connectivity index is 1.47. The van der Waals surface area contributed by atoms with Gasteiger partial charge in [0.2, 0.25) is 0 Å². The third kappa shape index (κ3) is 3.42. The molecule has 0 aliphatic carbocycles. The summed E-state index contributed by atoms with van der Waals surface area (Å²) in [6.45, 7) is 8.16. The van der Waals surface area contributed by atoms with Gasteiger partial charge in [0.25, 0.3) is 0 Å². The number of amides is 2. The smallest absolute Gasteiger partial charge is 0.317 e. The monoisotopic (exact) mass is 303 g/mol. The van der Waals surface area contributed by atoms with Crippen molar-refractivity contribution in [3.8, 4) is 0 Å². The highest BCUT2D eigenvalue weighted by Gasteiger charge is 2.39. The second-order valence-electron chi connectivity index (χ2n) is 6.17. The quantitative estimate of drug-likeness (QED) is 0.921. The van der Waals surface area contributed by atoms with Crippen molar-refractivity contribution in [3.63, 3.8) is 0 Å². The zero-order chi connectivity index (χ0) is 15.4. The third-order valence-corrected chi connectivity index (χ3v) is 4.57. The lowest BCUT2D eigenvalue weighted by Crippen LogP contribution is -2.55. The van der Waals surface area contributed by atoms with Crippen LogP contribution in [-0.2, 0) is 4.74 Å². The van der Waals surface area contributed by atoms with Gasteiger partial charge in [-0.25, -0.2) is 4.79 Å². The van der Waals surface area contributed by atoms with Crippen molar-refractivity contribution >= 4 is 6.03 Å². The molecule has 1 N–H and O–H groups in total. The van der Waals surface area contributed by atoms with Gasteiger partial charge in [0.05, 0.1) is 19.3 Å². The maximum Gasteiger partial charge on any atom is 0.317 e. The van der Waals surface area contributed by atoms with Crippen LogP contribution in [0.25, 0.3) is 0 Å². The number of nitrogens with one attached hydrogen (secondary N) is 1. The third-order valence-electron chi connectivity index (χ3n) is 4.57. The summed E-state index contributed by atoms with van der Waals surface area (Å²) in [4.78, 5) is 16.6. The Morgan fingerprint density at radius 3 is 2.68 bits per heavy atom. The standard InChI is InChI=1S/C17H25N3O2/c1-14-13-20(16(14)15-5-3-2-4-6-15)17(21)18-7-8-19-9-11-22-12-10-19/h2-6,14,16H,7-13H2,1H3,(H,18,21)/t14-,16-/m0/s1. The van der Waals surface area contributed by atoms with Crippen molar-refractivity contribution < 1.29 is 9.53 Å². The number of rotatable bonds is 4. The molecule has 0 aromatic heterocycles. The van der Waals surface area contributed by atoms with E-state index in [9.17, 15) is 4.79 Å². The first-order valence-corrected chi connectivity index (χ1v) is 8.15. The van der Waals surface area contributed by atoms with Crippen LogP contribution in [0.15, 0.2) is 30.3 Å². The topological polar surface area (TPSA) is 44.8 Å². The molecule has 2 amide bonds. The number of benzene rings is 1. The van der Waals surface area contributed by atoms with Crippen molar-refractivity contribution in [2.75, 3.05) is 45.9 Å². The maximum absolute atomic E-state index is 12.4.